The Balaban J connectivity index is 2.49. The zero-order valence-corrected chi connectivity index (χ0v) is 9.60. The van der Waals surface area contributed by atoms with E-state index in [1.807, 2.05) is 13.8 Å². The van der Waals surface area contributed by atoms with Crippen molar-refractivity contribution in [2.24, 2.45) is 10.9 Å². The highest BCUT2D eigenvalue weighted by Crippen LogP contribution is 2.04. The molecular formula is C10H18N4O2. The summed E-state index contributed by atoms with van der Waals surface area (Å²) in [6, 6.07) is -0.165. The summed E-state index contributed by atoms with van der Waals surface area (Å²) in [6.07, 6.45) is 3.27. The van der Waals surface area contributed by atoms with E-state index in [1.165, 1.54) is 0 Å². The van der Waals surface area contributed by atoms with Gasteiger partial charge in [-0.1, -0.05) is 19.0 Å². The molecule has 0 saturated heterocycles. The number of nitrogens with zero attached hydrogens (tertiary/aromatic N) is 2. The molecule has 0 amide bonds. The molecule has 4 N–H and O–H groups in total. The lowest BCUT2D eigenvalue weighted by Gasteiger charge is -2.13. The Morgan fingerprint density at radius 3 is 2.94 bits per heavy atom. The van der Waals surface area contributed by atoms with E-state index in [0.717, 1.165) is 18.6 Å². The van der Waals surface area contributed by atoms with Gasteiger partial charge in [-0.2, -0.15) is 0 Å². The highest BCUT2D eigenvalue weighted by Gasteiger charge is 2.12. The number of oxime groups is 1. The van der Waals surface area contributed by atoms with Crippen LogP contribution in [0.1, 0.15) is 31.9 Å². The van der Waals surface area contributed by atoms with E-state index in [0.29, 0.717) is 12.4 Å². The van der Waals surface area contributed by atoms with Crippen molar-refractivity contribution >= 4 is 5.84 Å². The Kier molecular flexibility index (Phi) is 4.78. The van der Waals surface area contributed by atoms with Crippen molar-refractivity contribution in [2.75, 3.05) is 0 Å². The predicted octanol–water partition coefficient (Wildman–Crippen LogP) is 0.852. The minimum Gasteiger partial charge on any atom is -0.444 e. The lowest BCUT2D eigenvalue weighted by Crippen LogP contribution is -2.40. The molecule has 0 spiro atoms. The van der Waals surface area contributed by atoms with Gasteiger partial charge in [0.1, 0.15) is 5.76 Å². The number of aryl methyl sites for hydroxylation is 1. The van der Waals surface area contributed by atoms with E-state index < -0.39 is 0 Å². The van der Waals surface area contributed by atoms with E-state index in [9.17, 15) is 0 Å². The van der Waals surface area contributed by atoms with Crippen molar-refractivity contribution in [3.05, 3.63) is 17.8 Å². The number of oxazole rings is 1. The SMILES string of the molecule is CCc1cnc(CNC(CC)/C(N)=N/O)o1. The topological polar surface area (TPSA) is 96.7 Å². The van der Waals surface area contributed by atoms with Crippen LogP contribution < -0.4 is 11.1 Å². The van der Waals surface area contributed by atoms with Gasteiger partial charge in [0.2, 0.25) is 5.89 Å². The van der Waals surface area contributed by atoms with E-state index in [1.54, 1.807) is 6.20 Å². The molecule has 1 heterocycles. The van der Waals surface area contributed by atoms with E-state index >= 15 is 0 Å². The molecule has 1 aromatic rings. The lowest BCUT2D eigenvalue weighted by atomic mass is 10.2. The van der Waals surface area contributed by atoms with Crippen molar-refractivity contribution < 1.29 is 9.62 Å². The van der Waals surface area contributed by atoms with Crippen LogP contribution in [0.15, 0.2) is 15.8 Å². The summed E-state index contributed by atoms with van der Waals surface area (Å²) < 4.78 is 5.42. The number of nitrogens with two attached hydrogens (primary N) is 1. The summed E-state index contributed by atoms with van der Waals surface area (Å²) in [6.45, 7) is 4.42. The number of hydrogen-bond donors (Lipinski definition) is 3. The van der Waals surface area contributed by atoms with Crippen LogP contribution in [-0.4, -0.2) is 22.1 Å². The fraction of sp³-hybridized carbons (Fsp3) is 0.600. The van der Waals surface area contributed by atoms with Gasteiger partial charge in [-0.15, -0.1) is 0 Å². The van der Waals surface area contributed by atoms with Crippen LogP contribution in [0.4, 0.5) is 0 Å². The van der Waals surface area contributed by atoms with Gasteiger partial charge in [0.05, 0.1) is 18.8 Å². The maximum atomic E-state index is 8.56. The van der Waals surface area contributed by atoms with Crippen LogP contribution in [0, 0.1) is 0 Å². The fourth-order valence-electron chi connectivity index (χ4n) is 1.33. The molecule has 90 valence electrons. The Bertz CT molecular complexity index is 348. The molecule has 0 radical (unpaired) electrons. The average molecular weight is 226 g/mol. The zero-order valence-electron chi connectivity index (χ0n) is 9.60. The normalized spacial score (nSPS) is 14.0. The van der Waals surface area contributed by atoms with Gasteiger partial charge in [-0.3, -0.25) is 5.32 Å². The number of amidine groups is 1. The number of hydrogen-bond acceptors (Lipinski definition) is 5. The maximum Gasteiger partial charge on any atom is 0.208 e. The molecule has 0 aliphatic rings. The molecule has 16 heavy (non-hydrogen) atoms. The van der Waals surface area contributed by atoms with E-state index in [4.69, 9.17) is 15.4 Å². The summed E-state index contributed by atoms with van der Waals surface area (Å²) in [5, 5.41) is 14.6. The summed E-state index contributed by atoms with van der Waals surface area (Å²) in [4.78, 5) is 4.11. The summed E-state index contributed by atoms with van der Waals surface area (Å²) in [7, 11) is 0. The molecule has 6 heteroatoms. The predicted molar refractivity (Wildman–Crippen MR) is 60.2 cm³/mol. The van der Waals surface area contributed by atoms with Crippen molar-refractivity contribution in [1.82, 2.24) is 10.3 Å². The van der Waals surface area contributed by atoms with Crippen LogP contribution in [0.2, 0.25) is 0 Å². The quantitative estimate of drug-likeness (QED) is 0.289. The fourth-order valence-corrected chi connectivity index (χ4v) is 1.33. The van der Waals surface area contributed by atoms with Crippen molar-refractivity contribution in [3.63, 3.8) is 0 Å². The summed E-state index contributed by atoms with van der Waals surface area (Å²) in [5.74, 6) is 1.64. The van der Waals surface area contributed by atoms with Crippen molar-refractivity contribution in [1.29, 1.82) is 0 Å². The van der Waals surface area contributed by atoms with Gasteiger partial charge in [0, 0.05) is 6.42 Å². The summed E-state index contributed by atoms with van der Waals surface area (Å²) >= 11 is 0. The second-order valence-corrected chi connectivity index (χ2v) is 3.44. The third-order valence-electron chi connectivity index (χ3n) is 2.33. The second kappa shape index (κ2) is 6.12. The third-order valence-corrected chi connectivity index (χ3v) is 2.33. The minimum atomic E-state index is -0.165. The van der Waals surface area contributed by atoms with Crippen LogP contribution in [0.5, 0.6) is 0 Å². The molecule has 0 aromatic carbocycles. The molecule has 0 saturated carbocycles. The molecule has 0 aliphatic heterocycles. The monoisotopic (exact) mass is 226 g/mol. The molecule has 0 bridgehead atoms. The number of rotatable bonds is 6. The molecule has 1 unspecified atom stereocenters. The van der Waals surface area contributed by atoms with Gasteiger partial charge < -0.3 is 15.4 Å². The summed E-state index contributed by atoms with van der Waals surface area (Å²) in [5.41, 5.74) is 5.51. The molecule has 0 aliphatic carbocycles. The van der Waals surface area contributed by atoms with Crippen LogP contribution in [0.25, 0.3) is 0 Å². The van der Waals surface area contributed by atoms with Crippen LogP contribution in [-0.2, 0) is 13.0 Å². The van der Waals surface area contributed by atoms with Crippen molar-refractivity contribution in [3.8, 4) is 0 Å². The molecular weight excluding hydrogens is 208 g/mol. The average Bonchev–Trinajstić information content (AvgIpc) is 2.77. The Hall–Kier alpha value is -1.56. The van der Waals surface area contributed by atoms with Gasteiger partial charge >= 0.3 is 0 Å². The first kappa shape index (κ1) is 12.5. The molecule has 1 aromatic heterocycles. The first-order chi connectivity index (χ1) is 7.71. The van der Waals surface area contributed by atoms with E-state index in [-0.39, 0.29) is 11.9 Å². The largest absolute Gasteiger partial charge is 0.444 e. The second-order valence-electron chi connectivity index (χ2n) is 3.44. The number of aromatic nitrogens is 1. The van der Waals surface area contributed by atoms with Crippen LogP contribution in [0.3, 0.4) is 0 Å². The highest BCUT2D eigenvalue weighted by molar-refractivity contribution is 5.85. The molecule has 1 rings (SSSR count). The standard InChI is InChI=1S/C10H18N4O2/c1-3-7-5-13-9(16-7)6-12-8(4-2)10(11)14-15/h5,8,12,15H,3-4,6H2,1-2H3,(H2,11,14). The Morgan fingerprint density at radius 2 is 2.44 bits per heavy atom. The van der Waals surface area contributed by atoms with Gasteiger partial charge in [0.15, 0.2) is 5.84 Å². The maximum absolute atomic E-state index is 8.56. The van der Waals surface area contributed by atoms with Gasteiger partial charge in [0.25, 0.3) is 0 Å². The van der Waals surface area contributed by atoms with Gasteiger partial charge in [-0.05, 0) is 6.42 Å². The molecule has 1 atom stereocenters. The lowest BCUT2D eigenvalue weighted by molar-refractivity contribution is 0.313. The molecule has 6 nitrogen and oxygen atoms in total. The molecule has 0 fully saturated rings. The Morgan fingerprint density at radius 1 is 1.69 bits per heavy atom. The zero-order chi connectivity index (χ0) is 12.0. The number of nitrogens with one attached hydrogen (secondary N) is 1. The first-order valence-electron chi connectivity index (χ1n) is 5.35. The van der Waals surface area contributed by atoms with E-state index in [2.05, 4.69) is 15.5 Å². The smallest absolute Gasteiger partial charge is 0.208 e. The Labute approximate surface area is 94.5 Å². The van der Waals surface area contributed by atoms with Gasteiger partial charge in [-0.25, -0.2) is 4.98 Å². The van der Waals surface area contributed by atoms with Crippen LogP contribution >= 0.6 is 0 Å². The minimum absolute atomic E-state index is 0.165. The first-order valence-corrected chi connectivity index (χ1v) is 5.35. The third kappa shape index (κ3) is 3.23. The van der Waals surface area contributed by atoms with Crippen molar-refractivity contribution in [2.45, 2.75) is 39.3 Å². The highest BCUT2D eigenvalue weighted by atomic mass is 16.4.